The number of nitro benzene ring substituents is 1. The number of carbonyl (C=O) groups is 1. The molecular formula is C21H28N2O6S. The number of hydrogen-bond acceptors (Lipinski definition) is 6. The number of nitro groups is 1. The van der Waals surface area contributed by atoms with Gasteiger partial charge in [-0.3, -0.25) is 14.9 Å². The summed E-state index contributed by atoms with van der Waals surface area (Å²) < 4.78 is 33.2. The van der Waals surface area contributed by atoms with Gasteiger partial charge in [0.2, 0.25) is 10.0 Å². The largest absolute Gasteiger partial charge is 0.469 e. The Morgan fingerprint density at radius 2 is 1.93 bits per heavy atom. The second kappa shape index (κ2) is 9.70. The first-order valence-electron chi connectivity index (χ1n) is 10.3. The lowest BCUT2D eigenvalue weighted by Gasteiger charge is -2.31. The predicted molar refractivity (Wildman–Crippen MR) is 111 cm³/mol. The van der Waals surface area contributed by atoms with E-state index in [2.05, 4.69) is 21.6 Å². The number of methoxy groups -OCH3 is 1. The Labute approximate surface area is 176 Å². The molecule has 164 valence electrons. The van der Waals surface area contributed by atoms with Gasteiger partial charge < -0.3 is 4.74 Å². The molecule has 2 aliphatic rings. The monoisotopic (exact) mass is 436 g/mol. The van der Waals surface area contributed by atoms with Crippen molar-refractivity contribution in [2.24, 2.45) is 17.8 Å². The first-order valence-corrected chi connectivity index (χ1v) is 11.8. The van der Waals surface area contributed by atoms with Crippen LogP contribution in [-0.2, 0) is 19.6 Å². The molecule has 4 atom stereocenters. The number of ether oxygens (including phenoxy) is 1. The Kier molecular flexibility index (Phi) is 7.25. The standard InChI is InChI=1S/C21H28N2O6S/c1-29-20(24)7-5-3-2-4-6-19-15-8-9-16(14-15)21(19)22-30(27,28)18-12-10-17(11-13-18)23(25)26/h2,4,10-13,15-16,19,21-22H,3,5-9,14H2,1H3. The van der Waals surface area contributed by atoms with Crippen LogP contribution in [0.1, 0.15) is 44.9 Å². The molecule has 0 heterocycles. The number of unbranched alkanes of at least 4 members (excludes halogenated alkanes) is 1. The molecule has 1 aromatic rings. The van der Waals surface area contributed by atoms with Crippen molar-refractivity contribution in [1.29, 1.82) is 0 Å². The summed E-state index contributed by atoms with van der Waals surface area (Å²) in [6, 6.07) is 4.87. The van der Waals surface area contributed by atoms with E-state index in [1.807, 2.05) is 0 Å². The van der Waals surface area contributed by atoms with Crippen LogP contribution in [0.2, 0.25) is 0 Å². The molecule has 0 radical (unpaired) electrons. The molecule has 2 aliphatic carbocycles. The van der Waals surface area contributed by atoms with E-state index in [-0.39, 0.29) is 28.5 Å². The van der Waals surface area contributed by atoms with Gasteiger partial charge in [-0.25, -0.2) is 13.1 Å². The smallest absolute Gasteiger partial charge is 0.305 e. The normalized spacial score (nSPS) is 25.6. The quantitative estimate of drug-likeness (QED) is 0.197. The van der Waals surface area contributed by atoms with E-state index in [0.29, 0.717) is 18.3 Å². The molecule has 9 heteroatoms. The highest BCUT2D eigenvalue weighted by Crippen LogP contribution is 2.50. The first-order chi connectivity index (χ1) is 14.3. The summed E-state index contributed by atoms with van der Waals surface area (Å²) in [5, 5.41) is 10.8. The lowest BCUT2D eigenvalue weighted by Crippen LogP contribution is -2.43. The zero-order valence-corrected chi connectivity index (χ0v) is 17.8. The molecule has 3 rings (SSSR count). The van der Waals surface area contributed by atoms with Crippen LogP contribution in [0.15, 0.2) is 41.3 Å². The van der Waals surface area contributed by atoms with Crippen molar-refractivity contribution >= 4 is 21.7 Å². The van der Waals surface area contributed by atoms with Crippen molar-refractivity contribution in [3.05, 3.63) is 46.5 Å². The van der Waals surface area contributed by atoms with Gasteiger partial charge in [0.05, 0.1) is 16.9 Å². The molecule has 0 saturated heterocycles. The third kappa shape index (κ3) is 5.26. The van der Waals surface area contributed by atoms with E-state index in [1.54, 1.807) is 0 Å². The number of hydrogen-bond donors (Lipinski definition) is 1. The number of carbonyl (C=O) groups excluding carboxylic acids is 1. The van der Waals surface area contributed by atoms with Gasteiger partial charge in [0, 0.05) is 24.6 Å². The summed E-state index contributed by atoms with van der Waals surface area (Å²) in [6.45, 7) is 0. The zero-order valence-electron chi connectivity index (χ0n) is 17.0. The number of nitrogens with one attached hydrogen (secondary N) is 1. The Bertz CT molecular complexity index is 897. The maximum atomic E-state index is 12.9. The molecule has 0 spiro atoms. The van der Waals surface area contributed by atoms with Crippen molar-refractivity contribution in [3.63, 3.8) is 0 Å². The number of nitrogens with zero attached hydrogens (tertiary/aromatic N) is 1. The van der Waals surface area contributed by atoms with Gasteiger partial charge in [0.1, 0.15) is 0 Å². The van der Waals surface area contributed by atoms with Gasteiger partial charge in [0.15, 0.2) is 0 Å². The summed E-state index contributed by atoms with van der Waals surface area (Å²) >= 11 is 0. The molecule has 2 saturated carbocycles. The van der Waals surface area contributed by atoms with Crippen LogP contribution in [0.3, 0.4) is 0 Å². The summed E-state index contributed by atoms with van der Waals surface area (Å²) in [7, 11) is -2.36. The predicted octanol–water partition coefficient (Wildman–Crippen LogP) is 3.58. The maximum Gasteiger partial charge on any atom is 0.305 e. The number of rotatable bonds is 10. The van der Waals surface area contributed by atoms with E-state index in [9.17, 15) is 23.3 Å². The molecule has 8 nitrogen and oxygen atoms in total. The van der Waals surface area contributed by atoms with Crippen LogP contribution >= 0.6 is 0 Å². The minimum absolute atomic E-state index is 0.0491. The van der Waals surface area contributed by atoms with E-state index in [0.717, 1.165) is 38.5 Å². The number of fused-ring (bicyclic) bond motifs is 2. The van der Waals surface area contributed by atoms with Gasteiger partial charge >= 0.3 is 5.97 Å². The third-order valence-electron chi connectivity index (χ3n) is 6.29. The molecule has 0 aromatic heterocycles. The number of allylic oxidation sites excluding steroid dienone is 2. The van der Waals surface area contributed by atoms with Crippen molar-refractivity contribution < 1.29 is 22.9 Å². The Hall–Kier alpha value is -2.26. The summed E-state index contributed by atoms with van der Waals surface area (Å²) in [4.78, 5) is 21.4. The van der Waals surface area contributed by atoms with Crippen LogP contribution in [0.25, 0.3) is 0 Å². The highest BCUT2D eigenvalue weighted by Gasteiger charge is 2.48. The highest BCUT2D eigenvalue weighted by molar-refractivity contribution is 7.89. The van der Waals surface area contributed by atoms with Crippen LogP contribution in [0.4, 0.5) is 5.69 Å². The van der Waals surface area contributed by atoms with Gasteiger partial charge in [-0.2, -0.15) is 0 Å². The lowest BCUT2D eigenvalue weighted by molar-refractivity contribution is -0.384. The zero-order chi connectivity index (χ0) is 21.7. The van der Waals surface area contributed by atoms with Crippen LogP contribution in [0, 0.1) is 27.9 Å². The summed E-state index contributed by atoms with van der Waals surface area (Å²) in [6.07, 6.45) is 10.0. The number of non-ortho nitro benzene ring substituents is 1. The molecule has 2 bridgehead atoms. The Morgan fingerprint density at radius 3 is 2.60 bits per heavy atom. The first kappa shape index (κ1) is 22.4. The molecule has 1 N–H and O–H groups in total. The van der Waals surface area contributed by atoms with Crippen molar-refractivity contribution in [1.82, 2.24) is 4.72 Å². The second-order valence-corrected chi connectivity index (χ2v) is 9.78. The molecule has 2 fully saturated rings. The fourth-order valence-electron chi connectivity index (χ4n) is 4.76. The number of esters is 1. The molecule has 30 heavy (non-hydrogen) atoms. The summed E-state index contributed by atoms with van der Waals surface area (Å²) in [5.74, 6) is 0.880. The number of benzene rings is 1. The van der Waals surface area contributed by atoms with E-state index in [1.165, 1.54) is 31.4 Å². The Balaban J connectivity index is 1.60. The van der Waals surface area contributed by atoms with E-state index >= 15 is 0 Å². The van der Waals surface area contributed by atoms with Crippen molar-refractivity contribution in [2.45, 2.75) is 55.9 Å². The lowest BCUT2D eigenvalue weighted by atomic mass is 9.83. The van der Waals surface area contributed by atoms with Gasteiger partial charge in [0.25, 0.3) is 5.69 Å². The van der Waals surface area contributed by atoms with E-state index < -0.39 is 14.9 Å². The minimum Gasteiger partial charge on any atom is -0.469 e. The minimum atomic E-state index is -3.74. The molecule has 4 unspecified atom stereocenters. The fourth-order valence-corrected chi connectivity index (χ4v) is 6.12. The summed E-state index contributed by atoms with van der Waals surface area (Å²) in [5.41, 5.74) is -0.135. The van der Waals surface area contributed by atoms with Crippen LogP contribution in [-0.4, -0.2) is 32.5 Å². The van der Waals surface area contributed by atoms with Gasteiger partial charge in [-0.15, -0.1) is 0 Å². The van der Waals surface area contributed by atoms with Crippen LogP contribution in [0.5, 0.6) is 0 Å². The molecule has 0 aliphatic heterocycles. The molecule has 0 amide bonds. The van der Waals surface area contributed by atoms with Gasteiger partial charge in [-0.1, -0.05) is 12.2 Å². The topological polar surface area (TPSA) is 116 Å². The molecule has 1 aromatic carbocycles. The van der Waals surface area contributed by atoms with Crippen LogP contribution < -0.4 is 4.72 Å². The average Bonchev–Trinajstić information content (AvgIpc) is 3.32. The fraction of sp³-hybridized carbons (Fsp3) is 0.571. The highest BCUT2D eigenvalue weighted by atomic mass is 32.2. The van der Waals surface area contributed by atoms with Crippen molar-refractivity contribution in [2.75, 3.05) is 7.11 Å². The number of sulfonamides is 1. The maximum absolute atomic E-state index is 12.9. The second-order valence-electron chi connectivity index (χ2n) is 8.07. The SMILES string of the molecule is COC(=O)CCCC=CCC1C2CCC(C2)C1NS(=O)(=O)c1ccc([N+](=O)[O-])cc1. The third-order valence-corrected chi connectivity index (χ3v) is 7.77. The average molecular weight is 437 g/mol. The Morgan fingerprint density at radius 1 is 1.23 bits per heavy atom. The van der Waals surface area contributed by atoms with Gasteiger partial charge in [-0.05, 0) is 68.4 Å². The van der Waals surface area contributed by atoms with E-state index in [4.69, 9.17) is 0 Å². The molecular weight excluding hydrogens is 408 g/mol. The van der Waals surface area contributed by atoms with Crippen molar-refractivity contribution in [3.8, 4) is 0 Å².